The van der Waals surface area contributed by atoms with E-state index in [0.29, 0.717) is 12.3 Å². The number of hydrogen-bond acceptors (Lipinski definition) is 4. The minimum atomic E-state index is 0.214. The fourth-order valence-corrected chi connectivity index (χ4v) is 3.91. The average molecular weight is 382 g/mol. The first-order valence-corrected chi connectivity index (χ1v) is 10.1. The molecule has 1 aliphatic heterocycles. The van der Waals surface area contributed by atoms with Gasteiger partial charge in [-0.3, -0.25) is 4.79 Å². The fraction of sp³-hybridized carbons (Fsp3) is 0.478. The van der Waals surface area contributed by atoms with Crippen molar-refractivity contribution in [1.29, 1.82) is 0 Å². The number of hydrogen-bond donors (Lipinski definition) is 0. The third-order valence-electron chi connectivity index (χ3n) is 5.65. The van der Waals surface area contributed by atoms with E-state index in [0.717, 1.165) is 43.3 Å². The lowest BCUT2D eigenvalue weighted by atomic mass is 9.84. The molecule has 1 aliphatic rings. The molecular formula is C23H31N3O2. The minimum Gasteiger partial charge on any atom is -0.496 e. The highest BCUT2D eigenvalue weighted by Crippen LogP contribution is 2.32. The third-order valence-corrected chi connectivity index (χ3v) is 5.65. The van der Waals surface area contributed by atoms with Crippen LogP contribution in [0.3, 0.4) is 0 Å². The molecule has 1 unspecified atom stereocenters. The van der Waals surface area contributed by atoms with E-state index in [4.69, 9.17) is 4.74 Å². The Morgan fingerprint density at radius 3 is 2.46 bits per heavy atom. The van der Waals surface area contributed by atoms with Crippen molar-refractivity contribution in [1.82, 2.24) is 9.88 Å². The lowest BCUT2D eigenvalue weighted by Gasteiger charge is -2.36. The maximum Gasteiger partial charge on any atom is 0.223 e. The monoisotopic (exact) mass is 381 g/mol. The molecule has 2 heterocycles. The second kappa shape index (κ2) is 9.09. The van der Waals surface area contributed by atoms with E-state index < -0.39 is 0 Å². The summed E-state index contributed by atoms with van der Waals surface area (Å²) in [5.41, 5.74) is 2.33. The maximum atomic E-state index is 13.0. The van der Waals surface area contributed by atoms with Gasteiger partial charge in [0.2, 0.25) is 5.91 Å². The summed E-state index contributed by atoms with van der Waals surface area (Å²) in [4.78, 5) is 21.7. The summed E-state index contributed by atoms with van der Waals surface area (Å²) in [6, 6.07) is 12.2. The van der Waals surface area contributed by atoms with Gasteiger partial charge in [0.15, 0.2) is 0 Å². The molecule has 1 aromatic heterocycles. The second-order valence-electron chi connectivity index (χ2n) is 7.84. The van der Waals surface area contributed by atoms with Gasteiger partial charge in [-0.25, -0.2) is 4.98 Å². The van der Waals surface area contributed by atoms with Crippen LogP contribution in [0.15, 0.2) is 42.6 Å². The number of rotatable bonds is 6. The Morgan fingerprint density at radius 1 is 1.14 bits per heavy atom. The molecule has 1 atom stereocenters. The zero-order valence-corrected chi connectivity index (χ0v) is 17.4. The normalized spacial score (nSPS) is 15.6. The van der Waals surface area contributed by atoms with Crippen LogP contribution in [0.2, 0.25) is 0 Å². The first kappa shape index (κ1) is 20.2. The van der Waals surface area contributed by atoms with Crippen LogP contribution in [-0.4, -0.2) is 49.1 Å². The minimum absolute atomic E-state index is 0.214. The van der Waals surface area contributed by atoms with Gasteiger partial charge < -0.3 is 14.5 Å². The molecule has 1 saturated heterocycles. The summed E-state index contributed by atoms with van der Waals surface area (Å²) in [5, 5.41) is 0. The molecule has 0 bridgehead atoms. The van der Waals surface area contributed by atoms with Gasteiger partial charge in [-0.1, -0.05) is 32.0 Å². The molecule has 1 amide bonds. The topological polar surface area (TPSA) is 45.7 Å². The molecule has 0 aliphatic carbocycles. The van der Waals surface area contributed by atoms with Crippen molar-refractivity contribution in [2.45, 2.75) is 33.1 Å². The lowest BCUT2D eigenvalue weighted by Crippen LogP contribution is -2.49. The molecule has 5 nitrogen and oxygen atoms in total. The van der Waals surface area contributed by atoms with E-state index in [9.17, 15) is 4.79 Å². The molecule has 1 aromatic carbocycles. The summed E-state index contributed by atoms with van der Waals surface area (Å²) < 4.78 is 5.38. The zero-order chi connectivity index (χ0) is 20.1. The highest BCUT2D eigenvalue weighted by atomic mass is 16.5. The number of amides is 1. The smallest absolute Gasteiger partial charge is 0.223 e. The molecule has 28 heavy (non-hydrogen) atoms. The fourth-order valence-electron chi connectivity index (χ4n) is 3.91. The number of aromatic nitrogens is 1. The van der Waals surface area contributed by atoms with Crippen LogP contribution >= 0.6 is 0 Å². The average Bonchev–Trinajstić information content (AvgIpc) is 2.72. The van der Waals surface area contributed by atoms with Crippen molar-refractivity contribution in [3.63, 3.8) is 0 Å². The number of carbonyl (C=O) groups is 1. The van der Waals surface area contributed by atoms with Gasteiger partial charge in [-0.05, 0) is 48.1 Å². The number of methoxy groups -OCH3 is 1. The standard InChI is InChI=1S/C23H31N3O2/c1-17(2)20(19-8-9-21(28-4)18(3)15-19)16-23(27)26-13-11-25(12-14-26)22-7-5-6-10-24-22/h5-10,15,17,20H,11-14,16H2,1-4H3. The second-order valence-corrected chi connectivity index (χ2v) is 7.84. The number of anilines is 1. The van der Waals surface area contributed by atoms with E-state index in [-0.39, 0.29) is 11.8 Å². The van der Waals surface area contributed by atoms with Gasteiger partial charge in [0.25, 0.3) is 0 Å². The van der Waals surface area contributed by atoms with Crippen LogP contribution in [-0.2, 0) is 4.79 Å². The first-order chi connectivity index (χ1) is 13.5. The van der Waals surface area contributed by atoms with E-state index in [2.05, 4.69) is 42.8 Å². The molecule has 2 aromatic rings. The molecule has 3 rings (SSSR count). The van der Waals surface area contributed by atoms with Gasteiger partial charge in [-0.15, -0.1) is 0 Å². The van der Waals surface area contributed by atoms with E-state index in [1.807, 2.05) is 35.4 Å². The van der Waals surface area contributed by atoms with Crippen molar-refractivity contribution in [2.75, 3.05) is 38.2 Å². The van der Waals surface area contributed by atoms with Crippen molar-refractivity contribution >= 4 is 11.7 Å². The van der Waals surface area contributed by atoms with Crippen molar-refractivity contribution in [3.05, 3.63) is 53.7 Å². The highest BCUT2D eigenvalue weighted by Gasteiger charge is 2.26. The van der Waals surface area contributed by atoms with Crippen molar-refractivity contribution in [2.24, 2.45) is 5.92 Å². The predicted octanol–water partition coefficient (Wildman–Crippen LogP) is 3.88. The first-order valence-electron chi connectivity index (χ1n) is 10.1. The number of piperazine rings is 1. The quantitative estimate of drug-likeness (QED) is 0.762. The third kappa shape index (κ3) is 4.64. The van der Waals surface area contributed by atoms with Crippen LogP contribution in [0.25, 0.3) is 0 Å². The van der Waals surface area contributed by atoms with Gasteiger partial charge in [0.05, 0.1) is 7.11 Å². The van der Waals surface area contributed by atoms with Crippen LogP contribution in [0.1, 0.15) is 37.3 Å². The number of carbonyl (C=O) groups excluding carboxylic acids is 1. The molecule has 0 saturated carbocycles. The number of benzene rings is 1. The Labute approximate surface area is 168 Å². The zero-order valence-electron chi connectivity index (χ0n) is 17.4. The highest BCUT2D eigenvalue weighted by molar-refractivity contribution is 5.77. The van der Waals surface area contributed by atoms with Gasteiger partial charge in [0.1, 0.15) is 11.6 Å². The number of pyridine rings is 1. The van der Waals surface area contributed by atoms with E-state index in [1.165, 1.54) is 5.56 Å². The Kier molecular flexibility index (Phi) is 6.55. The van der Waals surface area contributed by atoms with Crippen LogP contribution < -0.4 is 9.64 Å². The largest absolute Gasteiger partial charge is 0.496 e. The van der Waals surface area contributed by atoms with Gasteiger partial charge in [-0.2, -0.15) is 0 Å². The molecular weight excluding hydrogens is 350 g/mol. The number of nitrogens with zero attached hydrogens (tertiary/aromatic N) is 3. The van der Waals surface area contributed by atoms with Crippen LogP contribution in [0, 0.1) is 12.8 Å². The number of aryl methyl sites for hydroxylation is 1. The molecule has 5 heteroatoms. The Hall–Kier alpha value is -2.56. The molecule has 0 radical (unpaired) electrons. The predicted molar refractivity (Wildman–Crippen MR) is 113 cm³/mol. The van der Waals surface area contributed by atoms with E-state index in [1.54, 1.807) is 7.11 Å². The summed E-state index contributed by atoms with van der Waals surface area (Å²) >= 11 is 0. The summed E-state index contributed by atoms with van der Waals surface area (Å²) in [6.45, 7) is 9.60. The van der Waals surface area contributed by atoms with Crippen molar-refractivity contribution in [3.8, 4) is 5.75 Å². The van der Waals surface area contributed by atoms with Gasteiger partial charge in [0, 0.05) is 38.8 Å². The Balaban J connectivity index is 1.63. The van der Waals surface area contributed by atoms with Crippen LogP contribution in [0.5, 0.6) is 5.75 Å². The summed E-state index contributed by atoms with van der Waals surface area (Å²) in [6.07, 6.45) is 2.37. The van der Waals surface area contributed by atoms with Crippen LogP contribution in [0.4, 0.5) is 5.82 Å². The van der Waals surface area contributed by atoms with Crippen molar-refractivity contribution < 1.29 is 9.53 Å². The maximum absolute atomic E-state index is 13.0. The number of ether oxygens (including phenoxy) is 1. The molecule has 150 valence electrons. The molecule has 0 spiro atoms. The SMILES string of the molecule is COc1ccc(C(CC(=O)N2CCN(c3ccccn3)CC2)C(C)C)cc1C. The summed E-state index contributed by atoms with van der Waals surface area (Å²) in [7, 11) is 1.69. The van der Waals surface area contributed by atoms with E-state index >= 15 is 0 Å². The summed E-state index contributed by atoms with van der Waals surface area (Å²) in [5.74, 6) is 2.73. The Bertz CT molecular complexity index is 784. The van der Waals surface area contributed by atoms with Gasteiger partial charge >= 0.3 is 0 Å². The molecule has 0 N–H and O–H groups in total. The Morgan fingerprint density at radius 2 is 1.89 bits per heavy atom. The lowest BCUT2D eigenvalue weighted by molar-refractivity contribution is -0.132. The molecule has 1 fully saturated rings.